The van der Waals surface area contributed by atoms with Crippen molar-refractivity contribution in [3.8, 4) is 23.0 Å². The molecule has 0 bridgehead atoms. The largest absolute Gasteiger partial charge is 0.497 e. The smallest absolute Gasteiger partial charge is 0.161 e. The second-order valence-corrected chi connectivity index (χ2v) is 4.60. The number of hydrogen-bond acceptors (Lipinski definition) is 5. The molecule has 122 valence electrons. The van der Waals surface area contributed by atoms with Crippen LogP contribution >= 0.6 is 0 Å². The Labute approximate surface area is 135 Å². The van der Waals surface area contributed by atoms with Crippen molar-refractivity contribution in [1.29, 1.82) is 0 Å². The number of ether oxygens (including phenoxy) is 4. The molecule has 0 atom stereocenters. The Hall–Kier alpha value is -2.69. The molecule has 0 unspecified atom stereocenters. The van der Waals surface area contributed by atoms with Crippen molar-refractivity contribution in [2.45, 2.75) is 6.92 Å². The predicted molar refractivity (Wildman–Crippen MR) is 87.0 cm³/mol. The lowest BCUT2D eigenvalue weighted by molar-refractivity contribution is 0.111. The van der Waals surface area contributed by atoms with Crippen LogP contribution in [0.25, 0.3) is 0 Å². The second kappa shape index (κ2) is 8.68. The second-order valence-electron chi connectivity index (χ2n) is 4.60. The van der Waals surface area contributed by atoms with Gasteiger partial charge < -0.3 is 18.9 Å². The van der Waals surface area contributed by atoms with Gasteiger partial charge in [-0.3, -0.25) is 4.79 Å². The highest BCUT2D eigenvalue weighted by molar-refractivity contribution is 5.79. The van der Waals surface area contributed by atoms with Gasteiger partial charge in [0.05, 0.1) is 19.3 Å². The van der Waals surface area contributed by atoms with E-state index in [0.717, 1.165) is 6.29 Å². The molecule has 0 amide bonds. The minimum absolute atomic E-state index is 0.300. The van der Waals surface area contributed by atoms with Crippen molar-refractivity contribution in [3.63, 3.8) is 0 Å². The Morgan fingerprint density at radius 3 is 2.17 bits per heavy atom. The monoisotopic (exact) mass is 316 g/mol. The predicted octanol–water partition coefficient (Wildman–Crippen LogP) is 3.36. The van der Waals surface area contributed by atoms with Crippen LogP contribution in [0.4, 0.5) is 0 Å². The molecule has 0 aliphatic rings. The van der Waals surface area contributed by atoms with Crippen molar-refractivity contribution in [2.75, 3.05) is 26.9 Å². The lowest BCUT2D eigenvalue weighted by atomic mass is 10.2. The maximum atomic E-state index is 11.0. The molecule has 0 heterocycles. The van der Waals surface area contributed by atoms with Crippen LogP contribution in [0, 0.1) is 0 Å². The van der Waals surface area contributed by atoms with Crippen LogP contribution in [0.15, 0.2) is 42.5 Å². The van der Waals surface area contributed by atoms with Gasteiger partial charge in [-0.05, 0) is 31.2 Å². The zero-order valence-electron chi connectivity index (χ0n) is 13.3. The molecule has 0 spiro atoms. The van der Waals surface area contributed by atoms with Crippen LogP contribution in [0.5, 0.6) is 23.0 Å². The average Bonchev–Trinajstić information content (AvgIpc) is 2.60. The minimum atomic E-state index is 0.300. The first kappa shape index (κ1) is 16.7. The van der Waals surface area contributed by atoms with E-state index in [4.69, 9.17) is 18.9 Å². The molecule has 0 saturated carbocycles. The summed E-state index contributed by atoms with van der Waals surface area (Å²) in [6.07, 6.45) is 0.750. The molecule has 5 heteroatoms. The molecule has 5 nitrogen and oxygen atoms in total. The highest BCUT2D eigenvalue weighted by Gasteiger charge is 2.06. The summed E-state index contributed by atoms with van der Waals surface area (Å²) in [6.45, 7) is 3.13. The molecule has 0 radical (unpaired) electrons. The number of para-hydroxylation sites is 2. The number of benzene rings is 2. The summed E-state index contributed by atoms with van der Waals surface area (Å²) < 4.78 is 21.9. The van der Waals surface area contributed by atoms with Crippen LogP contribution in [0.3, 0.4) is 0 Å². The van der Waals surface area contributed by atoms with Crippen molar-refractivity contribution < 1.29 is 23.7 Å². The topological polar surface area (TPSA) is 54.0 Å². The van der Waals surface area contributed by atoms with E-state index in [-0.39, 0.29) is 0 Å². The molecule has 2 rings (SSSR count). The van der Waals surface area contributed by atoms with Gasteiger partial charge in [0.15, 0.2) is 17.8 Å². The van der Waals surface area contributed by atoms with Gasteiger partial charge in [-0.25, -0.2) is 0 Å². The Balaban J connectivity index is 1.92. The summed E-state index contributed by atoms with van der Waals surface area (Å²) in [6, 6.07) is 12.5. The van der Waals surface area contributed by atoms with E-state index in [9.17, 15) is 4.79 Å². The first-order chi connectivity index (χ1) is 11.3. The molecule has 0 saturated heterocycles. The van der Waals surface area contributed by atoms with Gasteiger partial charge in [0.25, 0.3) is 0 Å². The molecule has 23 heavy (non-hydrogen) atoms. The summed E-state index contributed by atoms with van der Waals surface area (Å²) in [5.74, 6) is 2.47. The molecular formula is C18H20O5. The maximum Gasteiger partial charge on any atom is 0.161 e. The quantitative estimate of drug-likeness (QED) is 0.524. The Morgan fingerprint density at radius 1 is 0.913 bits per heavy atom. The first-order valence-electron chi connectivity index (χ1n) is 7.39. The number of hydrogen-bond donors (Lipinski definition) is 0. The van der Waals surface area contributed by atoms with Gasteiger partial charge in [0.1, 0.15) is 24.7 Å². The number of carbonyl (C=O) groups is 1. The van der Waals surface area contributed by atoms with Crippen molar-refractivity contribution in [2.24, 2.45) is 0 Å². The Morgan fingerprint density at radius 2 is 1.57 bits per heavy atom. The average molecular weight is 316 g/mol. The number of aldehydes is 1. The summed E-state index contributed by atoms with van der Waals surface area (Å²) in [5.41, 5.74) is 0.473. The van der Waals surface area contributed by atoms with Gasteiger partial charge in [-0.1, -0.05) is 12.1 Å². The number of carbonyl (C=O) groups excluding carboxylic acids is 1. The van der Waals surface area contributed by atoms with E-state index in [1.54, 1.807) is 25.3 Å². The summed E-state index contributed by atoms with van der Waals surface area (Å²) in [5, 5.41) is 0. The van der Waals surface area contributed by atoms with Crippen molar-refractivity contribution in [1.82, 2.24) is 0 Å². The highest BCUT2D eigenvalue weighted by atomic mass is 16.5. The van der Waals surface area contributed by atoms with E-state index in [0.29, 0.717) is 48.4 Å². The van der Waals surface area contributed by atoms with Crippen LogP contribution in [0.2, 0.25) is 0 Å². The highest BCUT2D eigenvalue weighted by Crippen LogP contribution is 2.27. The zero-order chi connectivity index (χ0) is 16.5. The van der Waals surface area contributed by atoms with E-state index in [2.05, 4.69) is 0 Å². The number of rotatable bonds is 9. The summed E-state index contributed by atoms with van der Waals surface area (Å²) in [7, 11) is 1.56. The first-order valence-corrected chi connectivity index (χ1v) is 7.39. The van der Waals surface area contributed by atoms with Gasteiger partial charge >= 0.3 is 0 Å². The number of methoxy groups -OCH3 is 1. The normalized spacial score (nSPS) is 10.0. The van der Waals surface area contributed by atoms with Crippen molar-refractivity contribution in [3.05, 3.63) is 48.0 Å². The third kappa shape index (κ3) is 4.64. The van der Waals surface area contributed by atoms with Gasteiger partial charge in [-0.2, -0.15) is 0 Å². The third-order valence-electron chi connectivity index (χ3n) is 3.10. The van der Waals surface area contributed by atoms with E-state index in [1.165, 1.54) is 0 Å². The molecule has 0 fully saturated rings. The van der Waals surface area contributed by atoms with Gasteiger partial charge in [-0.15, -0.1) is 0 Å². The molecule has 2 aromatic rings. The standard InChI is InChI=1S/C18H20O5/c1-3-21-16-6-4-5-7-17(16)22-10-11-23-18-12-15(20-2)9-8-14(18)13-19/h4-9,12-13H,3,10-11H2,1-2H3. The maximum absolute atomic E-state index is 11.0. The molecule has 0 aliphatic heterocycles. The lowest BCUT2D eigenvalue weighted by Crippen LogP contribution is -2.10. The van der Waals surface area contributed by atoms with Crippen LogP contribution in [0.1, 0.15) is 17.3 Å². The third-order valence-corrected chi connectivity index (χ3v) is 3.10. The Kier molecular flexibility index (Phi) is 6.29. The van der Waals surface area contributed by atoms with Crippen LogP contribution < -0.4 is 18.9 Å². The molecule has 0 N–H and O–H groups in total. The van der Waals surface area contributed by atoms with E-state index < -0.39 is 0 Å². The molecule has 0 aromatic heterocycles. The SMILES string of the molecule is CCOc1ccccc1OCCOc1cc(OC)ccc1C=O. The fourth-order valence-corrected chi connectivity index (χ4v) is 2.01. The molecule has 2 aromatic carbocycles. The lowest BCUT2D eigenvalue weighted by Gasteiger charge is -2.13. The zero-order valence-corrected chi connectivity index (χ0v) is 13.3. The van der Waals surface area contributed by atoms with Crippen LogP contribution in [-0.4, -0.2) is 33.2 Å². The van der Waals surface area contributed by atoms with Gasteiger partial charge in [0, 0.05) is 6.07 Å². The van der Waals surface area contributed by atoms with E-state index >= 15 is 0 Å². The summed E-state index contributed by atoms with van der Waals surface area (Å²) in [4.78, 5) is 11.0. The minimum Gasteiger partial charge on any atom is -0.497 e. The molecule has 0 aliphatic carbocycles. The van der Waals surface area contributed by atoms with Gasteiger partial charge in [0.2, 0.25) is 0 Å². The van der Waals surface area contributed by atoms with Crippen LogP contribution in [-0.2, 0) is 0 Å². The fourth-order valence-electron chi connectivity index (χ4n) is 2.01. The van der Waals surface area contributed by atoms with E-state index in [1.807, 2.05) is 31.2 Å². The fraction of sp³-hybridized carbons (Fsp3) is 0.278. The molecular weight excluding hydrogens is 296 g/mol. The Bertz CT molecular complexity index is 639. The summed E-state index contributed by atoms with van der Waals surface area (Å²) >= 11 is 0. The van der Waals surface area contributed by atoms with Crippen molar-refractivity contribution >= 4 is 6.29 Å².